The summed E-state index contributed by atoms with van der Waals surface area (Å²) in [7, 11) is 0. The first-order chi connectivity index (χ1) is 8.90. The lowest BCUT2D eigenvalue weighted by Crippen LogP contribution is -2.45. The first kappa shape index (κ1) is 14.5. The molecule has 2 amide bonds. The molecule has 108 valence electrons. The third-order valence-electron chi connectivity index (χ3n) is 4.81. The highest BCUT2D eigenvalue weighted by Crippen LogP contribution is 2.44. The fourth-order valence-corrected chi connectivity index (χ4v) is 3.27. The van der Waals surface area contributed by atoms with E-state index < -0.39 is 11.0 Å². The van der Waals surface area contributed by atoms with Gasteiger partial charge in [0, 0.05) is 6.42 Å². The summed E-state index contributed by atoms with van der Waals surface area (Å²) in [6.45, 7) is 3.70. The number of likely N-dealkylation sites (tertiary alicyclic amines) is 1. The van der Waals surface area contributed by atoms with E-state index in [4.69, 9.17) is 0 Å². The lowest BCUT2D eigenvalue weighted by Gasteiger charge is -2.29. The normalized spacial score (nSPS) is 26.6. The van der Waals surface area contributed by atoms with E-state index in [1.54, 1.807) is 6.92 Å². The number of rotatable bonds is 3. The second-order valence-electron chi connectivity index (χ2n) is 6.51. The van der Waals surface area contributed by atoms with E-state index in [1.165, 1.54) is 4.90 Å². The van der Waals surface area contributed by atoms with Crippen LogP contribution in [0.2, 0.25) is 0 Å². The van der Waals surface area contributed by atoms with Crippen LogP contribution >= 0.6 is 0 Å². The molecule has 1 heterocycles. The molecule has 4 heteroatoms. The Hall–Kier alpha value is -0.900. The zero-order valence-corrected chi connectivity index (χ0v) is 12.1. The van der Waals surface area contributed by atoms with Gasteiger partial charge < -0.3 is 5.11 Å². The number of aliphatic hydroxyl groups is 1. The Bertz CT molecular complexity index is 368. The summed E-state index contributed by atoms with van der Waals surface area (Å²) in [5.74, 6) is -0.131. The molecule has 1 aliphatic carbocycles. The summed E-state index contributed by atoms with van der Waals surface area (Å²) < 4.78 is 0. The number of hydrogen-bond donors (Lipinski definition) is 1. The van der Waals surface area contributed by atoms with Crippen LogP contribution in [0.4, 0.5) is 0 Å². The van der Waals surface area contributed by atoms with Crippen molar-refractivity contribution < 1.29 is 14.7 Å². The zero-order chi connectivity index (χ0) is 14.1. The molecule has 4 nitrogen and oxygen atoms in total. The molecule has 1 unspecified atom stereocenters. The third kappa shape index (κ3) is 2.83. The number of amides is 2. The molecule has 2 fully saturated rings. The Morgan fingerprint density at radius 1 is 1.21 bits per heavy atom. The van der Waals surface area contributed by atoms with Crippen molar-refractivity contribution in [2.45, 2.75) is 70.8 Å². The van der Waals surface area contributed by atoms with Crippen LogP contribution in [-0.2, 0) is 9.59 Å². The minimum Gasteiger partial charge on any atom is -0.388 e. The van der Waals surface area contributed by atoms with Crippen LogP contribution in [0.3, 0.4) is 0 Å². The van der Waals surface area contributed by atoms with Crippen molar-refractivity contribution in [1.82, 2.24) is 4.90 Å². The number of carbonyl (C=O) groups excluding carboxylic acids is 2. The molecule has 2 rings (SSSR count). The predicted molar refractivity (Wildman–Crippen MR) is 72.4 cm³/mol. The maximum atomic E-state index is 12.6. The molecule has 0 aromatic carbocycles. The number of nitrogens with zero attached hydrogens (tertiary/aromatic N) is 1. The van der Waals surface area contributed by atoms with E-state index in [1.807, 2.05) is 6.92 Å². The molecular formula is C15H25NO3. The molecule has 1 aliphatic heterocycles. The Morgan fingerprint density at radius 2 is 1.79 bits per heavy atom. The van der Waals surface area contributed by atoms with Crippen LogP contribution in [0, 0.1) is 5.41 Å². The first-order valence-electron chi connectivity index (χ1n) is 7.47. The SMILES string of the molecule is CCC(C)(O)CN1C(=O)CC2(CCCCCC2)C1=O. The Morgan fingerprint density at radius 3 is 2.32 bits per heavy atom. The Balaban J connectivity index is 2.15. The van der Waals surface area contributed by atoms with Gasteiger partial charge in [-0.1, -0.05) is 32.6 Å². The van der Waals surface area contributed by atoms with Gasteiger partial charge in [0.05, 0.1) is 17.6 Å². The number of imide groups is 1. The van der Waals surface area contributed by atoms with Crippen LogP contribution < -0.4 is 0 Å². The van der Waals surface area contributed by atoms with E-state index >= 15 is 0 Å². The Kier molecular flexibility index (Phi) is 4.00. The van der Waals surface area contributed by atoms with E-state index in [0.29, 0.717) is 12.8 Å². The van der Waals surface area contributed by atoms with Crippen molar-refractivity contribution in [3.8, 4) is 0 Å². The summed E-state index contributed by atoms with van der Waals surface area (Å²) in [6, 6.07) is 0. The molecule has 1 saturated carbocycles. The van der Waals surface area contributed by atoms with Gasteiger partial charge in [0.1, 0.15) is 0 Å². The molecule has 0 aromatic rings. The van der Waals surface area contributed by atoms with Crippen molar-refractivity contribution >= 4 is 11.8 Å². The highest BCUT2D eigenvalue weighted by atomic mass is 16.3. The summed E-state index contributed by atoms with van der Waals surface area (Å²) in [4.78, 5) is 26.1. The zero-order valence-electron chi connectivity index (χ0n) is 12.1. The van der Waals surface area contributed by atoms with Crippen molar-refractivity contribution in [2.24, 2.45) is 5.41 Å². The fraction of sp³-hybridized carbons (Fsp3) is 0.867. The van der Waals surface area contributed by atoms with Gasteiger partial charge in [0.15, 0.2) is 0 Å². The summed E-state index contributed by atoms with van der Waals surface area (Å²) in [5, 5.41) is 10.1. The van der Waals surface area contributed by atoms with Crippen molar-refractivity contribution in [1.29, 1.82) is 0 Å². The van der Waals surface area contributed by atoms with Gasteiger partial charge in [-0.3, -0.25) is 14.5 Å². The quantitative estimate of drug-likeness (QED) is 0.798. The highest BCUT2D eigenvalue weighted by molar-refractivity contribution is 6.06. The third-order valence-corrected chi connectivity index (χ3v) is 4.81. The maximum Gasteiger partial charge on any atom is 0.236 e. The van der Waals surface area contributed by atoms with Crippen LogP contribution in [0.5, 0.6) is 0 Å². The topological polar surface area (TPSA) is 57.6 Å². The molecule has 1 atom stereocenters. The van der Waals surface area contributed by atoms with E-state index in [-0.39, 0.29) is 18.4 Å². The second kappa shape index (κ2) is 5.23. The number of β-amino-alcohol motifs (C(OH)–C–C–N with tert-alkyl or cyclic N) is 1. The first-order valence-corrected chi connectivity index (χ1v) is 7.47. The summed E-state index contributed by atoms with van der Waals surface area (Å²) in [6.07, 6.45) is 6.97. The molecular weight excluding hydrogens is 242 g/mol. The molecule has 0 radical (unpaired) electrons. The van der Waals surface area contributed by atoms with E-state index in [2.05, 4.69) is 0 Å². The lowest BCUT2D eigenvalue weighted by atomic mass is 9.79. The van der Waals surface area contributed by atoms with Gasteiger partial charge >= 0.3 is 0 Å². The molecule has 1 saturated heterocycles. The number of hydrogen-bond acceptors (Lipinski definition) is 3. The molecule has 1 spiro atoms. The molecule has 2 aliphatic rings. The number of carbonyl (C=O) groups is 2. The smallest absolute Gasteiger partial charge is 0.236 e. The van der Waals surface area contributed by atoms with Gasteiger partial charge in [-0.05, 0) is 26.2 Å². The van der Waals surface area contributed by atoms with Gasteiger partial charge in [0.25, 0.3) is 0 Å². The van der Waals surface area contributed by atoms with Crippen molar-refractivity contribution in [2.75, 3.05) is 6.54 Å². The van der Waals surface area contributed by atoms with Crippen LogP contribution in [0.25, 0.3) is 0 Å². The van der Waals surface area contributed by atoms with E-state index in [0.717, 1.165) is 38.5 Å². The van der Waals surface area contributed by atoms with E-state index in [9.17, 15) is 14.7 Å². The van der Waals surface area contributed by atoms with Crippen LogP contribution in [0.1, 0.15) is 65.2 Å². The van der Waals surface area contributed by atoms with Gasteiger partial charge in [0.2, 0.25) is 11.8 Å². The van der Waals surface area contributed by atoms with Gasteiger partial charge in [-0.15, -0.1) is 0 Å². The minimum atomic E-state index is -0.971. The average molecular weight is 267 g/mol. The summed E-state index contributed by atoms with van der Waals surface area (Å²) >= 11 is 0. The minimum absolute atomic E-state index is 0.0341. The highest BCUT2D eigenvalue weighted by Gasteiger charge is 2.51. The molecule has 0 bridgehead atoms. The predicted octanol–water partition coefficient (Wildman–Crippen LogP) is 2.25. The molecule has 19 heavy (non-hydrogen) atoms. The maximum absolute atomic E-state index is 12.6. The lowest BCUT2D eigenvalue weighted by molar-refractivity contribution is -0.145. The largest absolute Gasteiger partial charge is 0.388 e. The molecule has 0 aromatic heterocycles. The van der Waals surface area contributed by atoms with Crippen LogP contribution in [0.15, 0.2) is 0 Å². The Labute approximate surface area is 115 Å². The standard InChI is InChI=1S/C15H25NO3/c1-3-14(2,19)11-16-12(17)10-15(13(16)18)8-6-4-5-7-9-15/h19H,3-11H2,1-2H3. The van der Waals surface area contributed by atoms with Crippen molar-refractivity contribution in [3.63, 3.8) is 0 Å². The van der Waals surface area contributed by atoms with Crippen LogP contribution in [-0.4, -0.2) is 34.0 Å². The second-order valence-corrected chi connectivity index (χ2v) is 6.51. The van der Waals surface area contributed by atoms with Gasteiger partial charge in [-0.25, -0.2) is 0 Å². The molecule has 1 N–H and O–H groups in total. The summed E-state index contributed by atoms with van der Waals surface area (Å²) in [5.41, 5.74) is -1.42. The van der Waals surface area contributed by atoms with Crippen molar-refractivity contribution in [3.05, 3.63) is 0 Å². The monoisotopic (exact) mass is 267 g/mol. The average Bonchev–Trinajstić information content (AvgIpc) is 2.56. The van der Waals surface area contributed by atoms with Gasteiger partial charge in [-0.2, -0.15) is 0 Å². The fourth-order valence-electron chi connectivity index (χ4n) is 3.27.